The number of rotatable bonds is 8. The maximum Gasteiger partial charge on any atom is 0.436 e. The second-order valence-corrected chi connectivity index (χ2v) is 10.9. The van der Waals surface area contributed by atoms with Gasteiger partial charge in [-0.25, -0.2) is 8.42 Å². The summed E-state index contributed by atoms with van der Waals surface area (Å²) in [5.74, 6) is -0.717. The molecule has 7 nitrogen and oxygen atoms in total. The molecule has 0 bridgehead atoms. The molecule has 0 aliphatic rings. The van der Waals surface area contributed by atoms with Gasteiger partial charge in [-0.15, -0.1) is 0 Å². The fourth-order valence-corrected chi connectivity index (χ4v) is 4.65. The highest BCUT2D eigenvalue weighted by Crippen LogP contribution is 2.40. The third kappa shape index (κ3) is 6.71. The Morgan fingerprint density at radius 2 is 1.71 bits per heavy atom. The predicted octanol–water partition coefficient (Wildman–Crippen LogP) is 4.51. The first-order valence-electron chi connectivity index (χ1n) is 10.3. The van der Waals surface area contributed by atoms with Gasteiger partial charge in [-0.3, -0.25) is 9.48 Å². The minimum atomic E-state index is -4.74. The van der Waals surface area contributed by atoms with E-state index >= 15 is 0 Å². The highest BCUT2D eigenvalue weighted by molar-refractivity contribution is 9.10. The van der Waals surface area contributed by atoms with Crippen LogP contribution in [0.15, 0.2) is 57.9 Å². The molecule has 0 aliphatic carbocycles. The van der Waals surface area contributed by atoms with Crippen molar-refractivity contribution in [2.24, 2.45) is 0 Å². The van der Waals surface area contributed by atoms with Crippen LogP contribution in [0.5, 0.6) is 0 Å². The molecule has 0 spiro atoms. The Morgan fingerprint density at radius 1 is 1.09 bits per heavy atom. The predicted molar refractivity (Wildman–Crippen MR) is 128 cm³/mol. The molecule has 188 valence electrons. The van der Waals surface area contributed by atoms with Gasteiger partial charge in [-0.2, -0.15) is 18.3 Å². The largest absolute Gasteiger partial charge is 0.463 e. The molecular weight excluding hydrogens is 551 g/mol. The van der Waals surface area contributed by atoms with Gasteiger partial charge in [-0.1, -0.05) is 36.4 Å². The summed E-state index contributed by atoms with van der Waals surface area (Å²) >= 11 is 3.00. The summed E-state index contributed by atoms with van der Waals surface area (Å²) in [6, 6.07) is 12.8. The van der Waals surface area contributed by atoms with E-state index in [-0.39, 0.29) is 21.7 Å². The number of aromatic nitrogens is 2. The number of sulfone groups is 1. The smallest absolute Gasteiger partial charge is 0.436 e. The highest BCUT2D eigenvalue weighted by atomic mass is 79.9. The van der Waals surface area contributed by atoms with E-state index in [0.717, 1.165) is 10.9 Å². The lowest BCUT2D eigenvalue weighted by Crippen LogP contribution is -2.22. The molecule has 0 amide bonds. The molecule has 3 aromatic rings. The second kappa shape index (κ2) is 10.5. The number of hydrogen-bond acceptors (Lipinski definition) is 6. The summed E-state index contributed by atoms with van der Waals surface area (Å²) in [6.07, 6.45) is -3.63. The van der Waals surface area contributed by atoms with Crippen molar-refractivity contribution < 1.29 is 31.1 Å². The average molecular weight is 574 g/mol. The van der Waals surface area contributed by atoms with Crippen molar-refractivity contribution in [3.8, 4) is 22.4 Å². The van der Waals surface area contributed by atoms with Gasteiger partial charge in [0, 0.05) is 18.4 Å². The molecule has 35 heavy (non-hydrogen) atoms. The Morgan fingerprint density at radius 3 is 2.29 bits per heavy atom. The molecule has 3 rings (SSSR count). The van der Waals surface area contributed by atoms with Crippen LogP contribution in [0.1, 0.15) is 5.69 Å². The van der Waals surface area contributed by atoms with Gasteiger partial charge in [-0.05, 0) is 53.3 Å². The van der Waals surface area contributed by atoms with Crippen LogP contribution in [0.4, 0.5) is 13.2 Å². The first-order chi connectivity index (χ1) is 16.3. The molecule has 0 fully saturated rings. The topological polar surface area (TPSA) is 81.5 Å². The zero-order valence-electron chi connectivity index (χ0n) is 19.1. The van der Waals surface area contributed by atoms with E-state index in [2.05, 4.69) is 21.0 Å². The molecule has 0 unspecified atom stereocenters. The van der Waals surface area contributed by atoms with E-state index in [1.807, 2.05) is 0 Å². The molecule has 0 aliphatic heterocycles. The van der Waals surface area contributed by atoms with Crippen molar-refractivity contribution >= 4 is 31.7 Å². The Hall–Kier alpha value is -2.70. The molecule has 0 saturated carbocycles. The molecule has 2 aromatic carbocycles. The fourth-order valence-electron chi connectivity index (χ4n) is 3.25. The van der Waals surface area contributed by atoms with Crippen LogP contribution in [0.25, 0.3) is 22.4 Å². The van der Waals surface area contributed by atoms with Crippen LogP contribution in [-0.2, 0) is 32.1 Å². The van der Waals surface area contributed by atoms with Gasteiger partial charge in [0.2, 0.25) is 0 Å². The number of ether oxygens (including phenoxy) is 1. The maximum absolute atomic E-state index is 13.5. The molecule has 0 atom stereocenters. The van der Waals surface area contributed by atoms with Gasteiger partial charge in [0.05, 0.1) is 15.1 Å². The molecule has 1 aromatic heterocycles. The summed E-state index contributed by atoms with van der Waals surface area (Å²) in [5, 5.41) is 3.63. The van der Waals surface area contributed by atoms with E-state index in [1.54, 1.807) is 55.4 Å². The number of nitrogens with zero attached hydrogens (tertiary/aromatic N) is 3. The number of benzene rings is 2. The Kier molecular flexibility index (Phi) is 8.07. The summed E-state index contributed by atoms with van der Waals surface area (Å²) in [6.45, 7) is 0.0593. The normalized spacial score (nSPS) is 12.2. The van der Waals surface area contributed by atoms with Gasteiger partial charge < -0.3 is 9.64 Å². The van der Waals surface area contributed by atoms with E-state index in [4.69, 9.17) is 4.74 Å². The summed E-state index contributed by atoms with van der Waals surface area (Å²) in [5.41, 5.74) is 0.592. The number of alkyl halides is 3. The van der Waals surface area contributed by atoms with Crippen LogP contribution >= 0.6 is 15.9 Å². The number of carbonyl (C=O) groups excluding carboxylic acids is 1. The Balaban J connectivity index is 1.96. The van der Waals surface area contributed by atoms with Crippen molar-refractivity contribution in [2.45, 2.75) is 17.6 Å². The molecule has 1 heterocycles. The van der Waals surface area contributed by atoms with E-state index in [1.165, 1.54) is 12.1 Å². The minimum Gasteiger partial charge on any atom is -0.463 e. The Bertz CT molecular complexity index is 1320. The number of halogens is 4. The van der Waals surface area contributed by atoms with Gasteiger partial charge in [0.1, 0.15) is 13.2 Å². The first kappa shape index (κ1) is 26.9. The molecule has 0 N–H and O–H groups in total. The van der Waals surface area contributed by atoms with Gasteiger partial charge in [0.25, 0.3) is 0 Å². The Labute approximate surface area is 209 Å². The van der Waals surface area contributed by atoms with E-state index in [0.29, 0.717) is 23.2 Å². The SMILES string of the molecule is CN(C)CCOC(=O)Cn1nc(C(F)(F)F)c(Br)c1-c1ccc(-c2cccc(S(C)(=O)=O)c2)cc1. The van der Waals surface area contributed by atoms with Crippen molar-refractivity contribution in [3.63, 3.8) is 0 Å². The van der Waals surface area contributed by atoms with E-state index in [9.17, 15) is 26.4 Å². The van der Waals surface area contributed by atoms with Crippen LogP contribution < -0.4 is 0 Å². The summed E-state index contributed by atoms with van der Waals surface area (Å²) in [7, 11) is 0.197. The van der Waals surface area contributed by atoms with Crippen LogP contribution in [0.3, 0.4) is 0 Å². The van der Waals surface area contributed by atoms with Crippen LogP contribution in [-0.4, -0.2) is 62.6 Å². The fraction of sp³-hybridized carbons (Fsp3) is 0.304. The summed E-state index contributed by atoms with van der Waals surface area (Å²) in [4.78, 5) is 14.2. The number of esters is 1. The average Bonchev–Trinajstić information content (AvgIpc) is 3.09. The van der Waals surface area contributed by atoms with Crippen LogP contribution in [0.2, 0.25) is 0 Å². The molecule has 12 heteroatoms. The third-order valence-electron chi connectivity index (χ3n) is 5.00. The first-order valence-corrected chi connectivity index (χ1v) is 13.0. The monoisotopic (exact) mass is 573 g/mol. The third-order valence-corrected chi connectivity index (χ3v) is 6.86. The van der Waals surface area contributed by atoms with Gasteiger partial charge >= 0.3 is 12.1 Å². The van der Waals surface area contributed by atoms with Crippen molar-refractivity contribution in [3.05, 3.63) is 58.7 Å². The van der Waals surface area contributed by atoms with E-state index < -0.39 is 34.2 Å². The van der Waals surface area contributed by atoms with Crippen molar-refractivity contribution in [2.75, 3.05) is 33.5 Å². The zero-order valence-corrected chi connectivity index (χ0v) is 21.5. The molecule has 0 saturated heterocycles. The second-order valence-electron chi connectivity index (χ2n) is 8.07. The van der Waals surface area contributed by atoms with Gasteiger partial charge in [0.15, 0.2) is 15.5 Å². The zero-order chi connectivity index (χ0) is 26.0. The number of carbonyl (C=O) groups is 1. The van der Waals surface area contributed by atoms with Crippen molar-refractivity contribution in [1.29, 1.82) is 0 Å². The number of hydrogen-bond donors (Lipinski definition) is 0. The minimum absolute atomic E-state index is 0.0679. The maximum atomic E-state index is 13.5. The number of likely N-dealkylation sites (N-methyl/N-ethyl adjacent to an activating group) is 1. The van der Waals surface area contributed by atoms with Crippen LogP contribution in [0, 0.1) is 0 Å². The molecule has 0 radical (unpaired) electrons. The lowest BCUT2D eigenvalue weighted by atomic mass is 10.0. The molecular formula is C23H23BrF3N3O4S. The highest BCUT2D eigenvalue weighted by Gasteiger charge is 2.39. The summed E-state index contributed by atoms with van der Waals surface area (Å²) < 4.78 is 70.1. The van der Waals surface area contributed by atoms with Crippen molar-refractivity contribution in [1.82, 2.24) is 14.7 Å². The quantitative estimate of drug-likeness (QED) is 0.369. The lowest BCUT2D eigenvalue weighted by molar-refractivity contribution is -0.146. The standard InChI is InChI=1S/C23H23BrF3N3O4S/c1-29(2)11-12-34-19(31)14-30-21(20(24)22(28-30)23(25,26)27)16-9-7-15(8-10-16)17-5-4-6-18(13-17)35(3,32)33/h4-10,13H,11-12,14H2,1-3H3. The lowest BCUT2D eigenvalue weighted by Gasteiger charge is -2.12.